The molecule has 0 bridgehead atoms. The van der Waals surface area contributed by atoms with Gasteiger partial charge < -0.3 is 10.1 Å². The zero-order valence-corrected chi connectivity index (χ0v) is 19.3. The van der Waals surface area contributed by atoms with Crippen LogP contribution in [0.3, 0.4) is 0 Å². The van der Waals surface area contributed by atoms with Gasteiger partial charge in [0.2, 0.25) is 0 Å². The van der Waals surface area contributed by atoms with E-state index >= 15 is 0 Å². The number of aromatic nitrogens is 4. The van der Waals surface area contributed by atoms with Crippen molar-refractivity contribution in [1.29, 1.82) is 0 Å². The molecule has 0 aliphatic rings. The Labute approximate surface area is 203 Å². The predicted molar refractivity (Wildman–Crippen MR) is 134 cm³/mol. The van der Waals surface area contributed by atoms with Crippen LogP contribution >= 0.6 is 0 Å². The van der Waals surface area contributed by atoms with Crippen LogP contribution < -0.4 is 10.1 Å². The van der Waals surface area contributed by atoms with Crippen LogP contribution in [-0.4, -0.2) is 32.6 Å². The Morgan fingerprint density at radius 2 is 1.60 bits per heavy atom. The summed E-state index contributed by atoms with van der Waals surface area (Å²) in [5, 5.41) is 12.2. The van der Waals surface area contributed by atoms with Crippen molar-refractivity contribution in [3.63, 3.8) is 0 Å². The molecule has 1 amide bonds. The highest BCUT2D eigenvalue weighted by atomic mass is 16.5. The van der Waals surface area contributed by atoms with Crippen LogP contribution in [0.25, 0.3) is 16.9 Å². The Balaban J connectivity index is 1.37. The summed E-state index contributed by atoms with van der Waals surface area (Å²) in [4.78, 5) is 13.3. The van der Waals surface area contributed by atoms with Crippen molar-refractivity contribution in [3.8, 4) is 22.7 Å². The minimum atomic E-state index is -0.192. The molecule has 0 atom stereocenters. The molecule has 3 aromatic carbocycles. The van der Waals surface area contributed by atoms with E-state index in [0.717, 1.165) is 28.1 Å². The van der Waals surface area contributed by atoms with Gasteiger partial charge in [0.1, 0.15) is 11.4 Å². The summed E-state index contributed by atoms with van der Waals surface area (Å²) in [7, 11) is 1.63. The maximum absolute atomic E-state index is 13.3. The lowest BCUT2D eigenvalue weighted by Gasteiger charge is -2.05. The molecule has 174 valence electrons. The van der Waals surface area contributed by atoms with Gasteiger partial charge in [0.25, 0.3) is 5.91 Å². The number of ether oxygens (including phenoxy) is 1. The quantitative estimate of drug-likeness (QED) is 0.361. The van der Waals surface area contributed by atoms with Crippen molar-refractivity contribution in [3.05, 3.63) is 120 Å². The largest absolute Gasteiger partial charge is 0.497 e. The third kappa shape index (κ3) is 5.14. The van der Waals surface area contributed by atoms with Crippen molar-refractivity contribution in [1.82, 2.24) is 24.9 Å². The van der Waals surface area contributed by atoms with E-state index in [-0.39, 0.29) is 5.91 Å². The van der Waals surface area contributed by atoms with Gasteiger partial charge in [-0.15, -0.1) is 0 Å². The second kappa shape index (κ2) is 10.1. The highest BCUT2D eigenvalue weighted by Gasteiger charge is 2.18. The van der Waals surface area contributed by atoms with Crippen LogP contribution in [-0.2, 0) is 13.1 Å². The first-order valence-electron chi connectivity index (χ1n) is 11.3. The average Bonchev–Trinajstić information content (AvgIpc) is 3.56. The van der Waals surface area contributed by atoms with E-state index in [1.54, 1.807) is 28.9 Å². The summed E-state index contributed by atoms with van der Waals surface area (Å²) in [6, 6.07) is 27.5. The number of benzene rings is 3. The van der Waals surface area contributed by atoms with Gasteiger partial charge in [0, 0.05) is 30.1 Å². The van der Waals surface area contributed by atoms with E-state index in [4.69, 9.17) is 9.84 Å². The van der Waals surface area contributed by atoms with Gasteiger partial charge in [-0.05, 0) is 42.0 Å². The molecule has 0 saturated heterocycles. The number of nitrogens with zero attached hydrogens (tertiary/aromatic N) is 4. The zero-order chi connectivity index (χ0) is 24.0. The van der Waals surface area contributed by atoms with Crippen LogP contribution in [0, 0.1) is 0 Å². The van der Waals surface area contributed by atoms with E-state index in [2.05, 4.69) is 10.4 Å². The summed E-state index contributed by atoms with van der Waals surface area (Å²) in [6.45, 7) is 0.929. The van der Waals surface area contributed by atoms with Crippen molar-refractivity contribution < 1.29 is 9.53 Å². The molecule has 5 rings (SSSR count). The number of carbonyl (C=O) groups is 1. The van der Waals surface area contributed by atoms with Crippen molar-refractivity contribution >= 4 is 5.91 Å². The molecule has 35 heavy (non-hydrogen) atoms. The first-order valence-corrected chi connectivity index (χ1v) is 11.3. The zero-order valence-electron chi connectivity index (χ0n) is 19.3. The second-order valence-electron chi connectivity index (χ2n) is 8.11. The normalized spacial score (nSPS) is 10.8. The standard InChI is InChI=1S/C28H25N5O2/c1-35-25-14-12-23(13-15-25)27-26(20-32(31-27)18-21-8-4-2-5-9-21)28(34)29-16-22-17-30-33(19-22)24-10-6-3-7-11-24/h2-15,17,19-20H,16,18H2,1H3,(H,29,34). The molecule has 7 nitrogen and oxygen atoms in total. The van der Waals surface area contributed by atoms with E-state index in [9.17, 15) is 4.79 Å². The molecule has 0 saturated carbocycles. The number of para-hydroxylation sites is 1. The molecule has 5 aromatic rings. The number of hydrogen-bond acceptors (Lipinski definition) is 4. The van der Waals surface area contributed by atoms with Crippen LogP contribution in [0.4, 0.5) is 0 Å². The molecule has 0 radical (unpaired) electrons. The maximum atomic E-state index is 13.3. The number of methoxy groups -OCH3 is 1. The molecular formula is C28H25N5O2. The highest BCUT2D eigenvalue weighted by Crippen LogP contribution is 2.25. The number of amides is 1. The van der Waals surface area contributed by atoms with Gasteiger partial charge in [-0.25, -0.2) is 4.68 Å². The molecule has 2 heterocycles. The van der Waals surface area contributed by atoms with Gasteiger partial charge in [-0.2, -0.15) is 10.2 Å². The minimum absolute atomic E-state index is 0.192. The summed E-state index contributed by atoms with van der Waals surface area (Å²) in [6.07, 6.45) is 5.48. The molecule has 0 spiro atoms. The van der Waals surface area contributed by atoms with Gasteiger partial charge in [0.05, 0.1) is 31.1 Å². The Morgan fingerprint density at radius 1 is 0.886 bits per heavy atom. The third-order valence-corrected chi connectivity index (χ3v) is 5.67. The van der Waals surface area contributed by atoms with Crippen LogP contribution in [0.1, 0.15) is 21.5 Å². The first kappa shape index (κ1) is 22.2. The number of rotatable bonds is 8. The molecule has 0 aliphatic carbocycles. The Hall–Kier alpha value is -4.65. The molecule has 7 heteroatoms. The SMILES string of the molecule is COc1ccc(-c2nn(Cc3ccccc3)cc2C(=O)NCc2cnn(-c3ccccc3)c2)cc1. The Kier molecular flexibility index (Phi) is 6.39. The molecule has 1 N–H and O–H groups in total. The lowest BCUT2D eigenvalue weighted by molar-refractivity contribution is 0.0951. The molecule has 0 aliphatic heterocycles. The lowest BCUT2D eigenvalue weighted by Crippen LogP contribution is -2.22. The van der Waals surface area contributed by atoms with E-state index in [1.165, 1.54) is 0 Å². The van der Waals surface area contributed by atoms with Gasteiger partial charge in [0.15, 0.2) is 0 Å². The van der Waals surface area contributed by atoms with Gasteiger partial charge in [-0.1, -0.05) is 48.5 Å². The van der Waals surface area contributed by atoms with Crippen molar-refractivity contribution in [2.24, 2.45) is 0 Å². The smallest absolute Gasteiger partial charge is 0.255 e. The fourth-order valence-corrected chi connectivity index (χ4v) is 3.85. The number of nitrogens with one attached hydrogen (secondary N) is 1. The van der Waals surface area contributed by atoms with Crippen LogP contribution in [0.5, 0.6) is 5.75 Å². The highest BCUT2D eigenvalue weighted by molar-refractivity contribution is 5.99. The number of hydrogen-bond donors (Lipinski definition) is 1. The first-order chi connectivity index (χ1) is 17.2. The Bertz CT molecular complexity index is 1410. The van der Waals surface area contributed by atoms with Gasteiger partial charge in [-0.3, -0.25) is 9.48 Å². The van der Waals surface area contributed by atoms with Crippen molar-refractivity contribution in [2.45, 2.75) is 13.1 Å². The lowest BCUT2D eigenvalue weighted by atomic mass is 10.1. The minimum Gasteiger partial charge on any atom is -0.497 e. The molecule has 0 fully saturated rings. The molecular weight excluding hydrogens is 438 g/mol. The van der Waals surface area contributed by atoms with E-state index in [1.807, 2.05) is 91.1 Å². The maximum Gasteiger partial charge on any atom is 0.255 e. The molecule has 0 unspecified atom stereocenters. The van der Waals surface area contributed by atoms with Crippen LogP contribution in [0.15, 0.2) is 104 Å². The number of carbonyl (C=O) groups excluding carboxylic acids is 1. The fourth-order valence-electron chi connectivity index (χ4n) is 3.85. The fraction of sp³-hybridized carbons (Fsp3) is 0.107. The monoisotopic (exact) mass is 463 g/mol. The van der Waals surface area contributed by atoms with Gasteiger partial charge >= 0.3 is 0 Å². The topological polar surface area (TPSA) is 74.0 Å². The third-order valence-electron chi connectivity index (χ3n) is 5.67. The van der Waals surface area contributed by atoms with E-state index < -0.39 is 0 Å². The Morgan fingerprint density at radius 3 is 2.31 bits per heavy atom. The van der Waals surface area contributed by atoms with Crippen LogP contribution in [0.2, 0.25) is 0 Å². The average molecular weight is 464 g/mol. The molecule has 2 aromatic heterocycles. The summed E-state index contributed by atoms with van der Waals surface area (Å²) < 4.78 is 8.87. The van der Waals surface area contributed by atoms with E-state index in [0.29, 0.717) is 24.3 Å². The second-order valence-corrected chi connectivity index (χ2v) is 8.11. The van der Waals surface area contributed by atoms with Crippen molar-refractivity contribution in [2.75, 3.05) is 7.11 Å². The predicted octanol–water partition coefficient (Wildman–Crippen LogP) is 4.72. The summed E-state index contributed by atoms with van der Waals surface area (Å²) in [5.41, 5.74) is 4.97. The summed E-state index contributed by atoms with van der Waals surface area (Å²) in [5.74, 6) is 0.557. The summed E-state index contributed by atoms with van der Waals surface area (Å²) >= 11 is 0.